The second-order valence-corrected chi connectivity index (χ2v) is 14.7. The third kappa shape index (κ3) is 6.48. The van der Waals surface area contributed by atoms with Crippen molar-refractivity contribution >= 4 is 43.7 Å². The van der Waals surface area contributed by atoms with Crippen LogP contribution < -0.4 is 0 Å². The van der Waals surface area contributed by atoms with Gasteiger partial charge in [-0.3, -0.25) is 0 Å². The normalized spacial score (nSPS) is 16.0. The molecule has 4 aromatic carbocycles. The fraction of sp³-hybridized carbons (Fsp3) is 0.170. The summed E-state index contributed by atoms with van der Waals surface area (Å²) in [6, 6.07) is 37.2. The number of fused-ring (bicyclic) bond motifs is 1. The van der Waals surface area contributed by atoms with Crippen LogP contribution in [0.1, 0.15) is 73.9 Å². The van der Waals surface area contributed by atoms with Crippen LogP contribution in [0.15, 0.2) is 140 Å². The lowest BCUT2D eigenvalue weighted by molar-refractivity contribution is 0.742. The van der Waals surface area contributed by atoms with Crippen molar-refractivity contribution in [1.29, 1.82) is 0 Å². The lowest BCUT2D eigenvalue weighted by atomic mass is 9.86. The van der Waals surface area contributed by atoms with Crippen molar-refractivity contribution < 1.29 is 0 Å². The van der Waals surface area contributed by atoms with Gasteiger partial charge in [-0.15, -0.1) is 11.3 Å². The van der Waals surface area contributed by atoms with Gasteiger partial charge in [-0.25, -0.2) is 15.0 Å². The molecule has 2 heterocycles. The molecular formula is C47H39N3S. The van der Waals surface area contributed by atoms with Crippen molar-refractivity contribution in [2.75, 3.05) is 0 Å². The van der Waals surface area contributed by atoms with Crippen LogP contribution in [-0.4, -0.2) is 15.0 Å². The van der Waals surface area contributed by atoms with Crippen LogP contribution >= 0.6 is 11.3 Å². The number of hydrogen-bond acceptors (Lipinski definition) is 4. The first-order valence-electron chi connectivity index (χ1n) is 18.3. The van der Waals surface area contributed by atoms with Crippen molar-refractivity contribution in [3.8, 4) is 33.2 Å². The average molecular weight is 678 g/mol. The van der Waals surface area contributed by atoms with Crippen LogP contribution in [0, 0.1) is 0 Å². The van der Waals surface area contributed by atoms with E-state index in [1.54, 1.807) is 11.3 Å². The monoisotopic (exact) mass is 677 g/mol. The molecule has 51 heavy (non-hydrogen) atoms. The van der Waals surface area contributed by atoms with Gasteiger partial charge in [0.1, 0.15) is 0 Å². The molecule has 6 aromatic rings. The first-order chi connectivity index (χ1) is 25.3. The Morgan fingerprint density at radius 3 is 2.04 bits per heavy atom. The Hall–Kier alpha value is -5.45. The largest absolute Gasteiger partial charge is 0.208 e. The molecule has 0 N–H and O–H groups in total. The first kappa shape index (κ1) is 31.5. The van der Waals surface area contributed by atoms with Gasteiger partial charge >= 0.3 is 0 Å². The van der Waals surface area contributed by atoms with Crippen LogP contribution in [0.3, 0.4) is 0 Å². The van der Waals surface area contributed by atoms with E-state index >= 15 is 0 Å². The minimum absolute atomic E-state index is 0.690. The molecule has 0 unspecified atom stereocenters. The summed E-state index contributed by atoms with van der Waals surface area (Å²) < 4.78 is 1.23. The molecule has 0 bridgehead atoms. The molecule has 0 saturated heterocycles. The van der Waals surface area contributed by atoms with E-state index in [0.29, 0.717) is 11.6 Å². The van der Waals surface area contributed by atoms with Crippen molar-refractivity contribution in [1.82, 2.24) is 15.0 Å². The van der Waals surface area contributed by atoms with Gasteiger partial charge in [-0.1, -0.05) is 121 Å². The molecule has 248 valence electrons. The maximum atomic E-state index is 5.19. The molecule has 9 rings (SSSR count). The van der Waals surface area contributed by atoms with Crippen molar-refractivity contribution in [3.63, 3.8) is 0 Å². The minimum Gasteiger partial charge on any atom is -0.208 e. The van der Waals surface area contributed by atoms with Crippen LogP contribution in [0.5, 0.6) is 0 Å². The molecule has 0 saturated carbocycles. The van der Waals surface area contributed by atoms with Gasteiger partial charge in [0, 0.05) is 15.8 Å². The Labute approximate surface area is 304 Å². The van der Waals surface area contributed by atoms with Gasteiger partial charge < -0.3 is 0 Å². The summed E-state index contributed by atoms with van der Waals surface area (Å²) in [5.74, 6) is 2.12. The fourth-order valence-corrected chi connectivity index (χ4v) is 8.55. The number of nitrogens with zero attached hydrogens (tertiary/aromatic N) is 3. The predicted octanol–water partition coefficient (Wildman–Crippen LogP) is 13.0. The smallest absolute Gasteiger partial charge is 0.174 e. The Morgan fingerprint density at radius 2 is 1.24 bits per heavy atom. The molecule has 0 radical (unpaired) electrons. The summed E-state index contributed by atoms with van der Waals surface area (Å²) >= 11 is 1.73. The third-order valence-corrected chi connectivity index (χ3v) is 11.3. The molecular weight excluding hydrogens is 639 g/mol. The second kappa shape index (κ2) is 14.0. The van der Waals surface area contributed by atoms with Crippen molar-refractivity contribution in [2.24, 2.45) is 0 Å². The van der Waals surface area contributed by atoms with Gasteiger partial charge in [-0.2, -0.15) is 0 Å². The molecule has 0 aliphatic heterocycles. The average Bonchev–Trinajstić information content (AvgIpc) is 3.66. The maximum Gasteiger partial charge on any atom is 0.174 e. The third-order valence-electron chi connectivity index (χ3n) is 10.2. The van der Waals surface area contributed by atoms with E-state index in [1.807, 2.05) is 0 Å². The highest BCUT2D eigenvalue weighted by Crippen LogP contribution is 2.39. The highest BCUT2D eigenvalue weighted by Gasteiger charge is 2.21. The zero-order chi connectivity index (χ0) is 34.0. The number of allylic oxidation sites excluding steroid dienone is 10. The molecule has 0 spiro atoms. The quantitative estimate of drug-likeness (QED) is 0.169. The number of aromatic nitrogens is 3. The first-order valence-corrected chi connectivity index (χ1v) is 19.1. The van der Waals surface area contributed by atoms with Crippen molar-refractivity contribution in [3.05, 3.63) is 162 Å². The molecule has 0 amide bonds. The zero-order valence-electron chi connectivity index (χ0n) is 28.7. The van der Waals surface area contributed by atoms with E-state index in [0.717, 1.165) is 47.5 Å². The summed E-state index contributed by atoms with van der Waals surface area (Å²) in [7, 11) is 0. The van der Waals surface area contributed by atoms with Crippen molar-refractivity contribution in [2.45, 2.75) is 51.4 Å². The van der Waals surface area contributed by atoms with Crippen LogP contribution in [0.2, 0.25) is 0 Å². The van der Waals surface area contributed by atoms with Crippen LogP contribution in [0.25, 0.3) is 65.6 Å². The standard InChI is InChI=1S/C47H39N3S/c1-4-14-32(15-5-1)37-28-29-40(42(30-37)34-18-8-3-9-19-34)35-24-26-36(27-25-35)45-48-46(41-22-12-11-21-39(41)33-16-6-2-7-17-33)50-47(49-45)44-31-38-20-10-13-23-43(38)51-44/h2,6-8,10,13-14,16-31H,1,3-5,9,11-12,15H2. The lowest BCUT2D eigenvalue weighted by Gasteiger charge is -2.18. The van der Waals surface area contributed by atoms with E-state index in [9.17, 15) is 0 Å². The van der Waals surface area contributed by atoms with E-state index in [1.165, 1.54) is 80.3 Å². The summed E-state index contributed by atoms with van der Waals surface area (Å²) in [5, 5.41) is 1.21. The molecule has 3 nitrogen and oxygen atoms in total. The molecule has 4 heteroatoms. The summed E-state index contributed by atoms with van der Waals surface area (Å²) in [6.07, 6.45) is 23.1. The highest BCUT2D eigenvalue weighted by atomic mass is 32.1. The van der Waals surface area contributed by atoms with Gasteiger partial charge in [-0.05, 0) is 119 Å². The number of thiophene rings is 1. The van der Waals surface area contributed by atoms with Gasteiger partial charge in [0.2, 0.25) is 0 Å². The molecule has 3 aliphatic carbocycles. The number of hydrogen-bond donors (Lipinski definition) is 0. The van der Waals surface area contributed by atoms with Gasteiger partial charge in [0.05, 0.1) is 4.88 Å². The van der Waals surface area contributed by atoms with Crippen LogP contribution in [-0.2, 0) is 0 Å². The summed E-state index contributed by atoms with van der Waals surface area (Å²) in [6.45, 7) is 0. The maximum absolute atomic E-state index is 5.19. The van der Waals surface area contributed by atoms with Crippen LogP contribution in [0.4, 0.5) is 0 Å². The van der Waals surface area contributed by atoms with Gasteiger partial charge in [0.15, 0.2) is 17.5 Å². The highest BCUT2D eigenvalue weighted by molar-refractivity contribution is 7.22. The Kier molecular flexibility index (Phi) is 8.68. The topological polar surface area (TPSA) is 38.7 Å². The lowest BCUT2D eigenvalue weighted by Crippen LogP contribution is -2.05. The Morgan fingerprint density at radius 1 is 0.490 bits per heavy atom. The fourth-order valence-electron chi connectivity index (χ4n) is 7.55. The Bertz CT molecular complexity index is 2370. The van der Waals surface area contributed by atoms with E-state index < -0.39 is 0 Å². The molecule has 3 aliphatic rings. The van der Waals surface area contributed by atoms with E-state index in [4.69, 9.17) is 15.0 Å². The van der Waals surface area contributed by atoms with Gasteiger partial charge in [0.25, 0.3) is 0 Å². The summed E-state index contributed by atoms with van der Waals surface area (Å²) in [5.41, 5.74) is 12.3. The van der Waals surface area contributed by atoms with E-state index in [-0.39, 0.29) is 0 Å². The summed E-state index contributed by atoms with van der Waals surface area (Å²) in [4.78, 5) is 16.5. The number of benzene rings is 4. The zero-order valence-corrected chi connectivity index (χ0v) is 29.5. The SMILES string of the molecule is C1=CC(c2cc(C3=CCCCC3)ccc2-c2ccc(-c3nc(C4=CCCC=C4c4ccccc4)nc(-c4cc5ccccc5s4)n3)cc2)=CCC1. The number of rotatable bonds is 7. The van der Waals surface area contributed by atoms with E-state index in [2.05, 4.69) is 140 Å². The molecule has 0 atom stereocenters. The minimum atomic E-state index is 0.690. The molecule has 0 fully saturated rings. The second-order valence-electron chi connectivity index (χ2n) is 13.6. The Balaban J connectivity index is 1.13. The molecule has 2 aromatic heterocycles. The predicted molar refractivity (Wildman–Crippen MR) is 216 cm³/mol.